The van der Waals surface area contributed by atoms with Gasteiger partial charge in [-0.3, -0.25) is 0 Å². The van der Waals surface area contributed by atoms with Crippen molar-refractivity contribution >= 4 is 5.82 Å². The number of anilines is 1. The molecule has 0 aromatic carbocycles. The van der Waals surface area contributed by atoms with Crippen molar-refractivity contribution in [3.8, 4) is 0 Å². The number of nitrogens with zero attached hydrogens (tertiary/aromatic N) is 2. The predicted octanol–water partition coefficient (Wildman–Crippen LogP) is 3.62. The van der Waals surface area contributed by atoms with E-state index in [9.17, 15) is 0 Å². The van der Waals surface area contributed by atoms with Gasteiger partial charge in [0, 0.05) is 25.3 Å². The number of aromatic nitrogens is 1. The van der Waals surface area contributed by atoms with Crippen molar-refractivity contribution in [2.45, 2.75) is 47.6 Å². The van der Waals surface area contributed by atoms with E-state index in [1.54, 1.807) is 0 Å². The SMILES string of the molecule is Cc1nc(N2CC(C)CC(C)C2)ccc1CNCC(C)C. The highest BCUT2D eigenvalue weighted by Gasteiger charge is 2.22. The first-order valence-electron chi connectivity index (χ1n) is 8.38. The lowest BCUT2D eigenvalue weighted by atomic mass is 9.92. The van der Waals surface area contributed by atoms with Gasteiger partial charge in [-0.2, -0.15) is 0 Å². The van der Waals surface area contributed by atoms with E-state index in [1.807, 2.05) is 0 Å². The molecule has 3 heteroatoms. The molecule has 21 heavy (non-hydrogen) atoms. The van der Waals surface area contributed by atoms with Gasteiger partial charge >= 0.3 is 0 Å². The van der Waals surface area contributed by atoms with Crippen LogP contribution in [0.25, 0.3) is 0 Å². The molecule has 2 heterocycles. The second-order valence-electron chi connectivity index (χ2n) is 7.29. The van der Waals surface area contributed by atoms with Gasteiger partial charge in [0.25, 0.3) is 0 Å². The van der Waals surface area contributed by atoms with Crippen molar-refractivity contribution in [3.63, 3.8) is 0 Å². The molecule has 2 atom stereocenters. The number of hydrogen-bond acceptors (Lipinski definition) is 3. The topological polar surface area (TPSA) is 28.2 Å². The minimum atomic E-state index is 0.689. The van der Waals surface area contributed by atoms with E-state index in [0.717, 1.165) is 49.5 Å². The second-order valence-corrected chi connectivity index (χ2v) is 7.29. The van der Waals surface area contributed by atoms with Crippen LogP contribution < -0.4 is 10.2 Å². The van der Waals surface area contributed by atoms with Crippen LogP contribution in [0, 0.1) is 24.7 Å². The number of piperidine rings is 1. The first-order chi connectivity index (χ1) is 9.95. The van der Waals surface area contributed by atoms with Crippen LogP contribution in [0.15, 0.2) is 12.1 Å². The Balaban J connectivity index is 2.01. The molecule has 1 aliphatic rings. The Morgan fingerprint density at radius 1 is 1.24 bits per heavy atom. The van der Waals surface area contributed by atoms with Crippen LogP contribution in [0.1, 0.15) is 45.4 Å². The summed E-state index contributed by atoms with van der Waals surface area (Å²) in [5.74, 6) is 3.37. The number of aryl methyl sites for hydroxylation is 1. The molecule has 0 aliphatic carbocycles. The molecular weight excluding hydrogens is 258 g/mol. The van der Waals surface area contributed by atoms with Gasteiger partial charge in [-0.25, -0.2) is 4.98 Å². The molecule has 118 valence electrons. The van der Waals surface area contributed by atoms with Gasteiger partial charge in [-0.05, 0) is 49.3 Å². The van der Waals surface area contributed by atoms with E-state index in [4.69, 9.17) is 4.98 Å². The summed E-state index contributed by atoms with van der Waals surface area (Å²) in [6.45, 7) is 15.6. The molecule has 1 N–H and O–H groups in total. The number of rotatable bonds is 5. The molecule has 1 aromatic heterocycles. The lowest BCUT2D eigenvalue weighted by molar-refractivity contribution is 0.355. The lowest BCUT2D eigenvalue weighted by Gasteiger charge is -2.36. The van der Waals surface area contributed by atoms with Crippen LogP contribution in [0.3, 0.4) is 0 Å². The largest absolute Gasteiger partial charge is 0.356 e. The van der Waals surface area contributed by atoms with Crippen molar-refractivity contribution in [1.82, 2.24) is 10.3 Å². The predicted molar refractivity (Wildman–Crippen MR) is 90.7 cm³/mol. The van der Waals surface area contributed by atoms with Crippen LogP contribution in [0.2, 0.25) is 0 Å². The van der Waals surface area contributed by atoms with Gasteiger partial charge in [0.15, 0.2) is 0 Å². The third kappa shape index (κ3) is 4.70. The number of hydrogen-bond donors (Lipinski definition) is 1. The molecule has 0 spiro atoms. The highest BCUT2D eigenvalue weighted by molar-refractivity contribution is 5.42. The lowest BCUT2D eigenvalue weighted by Crippen LogP contribution is -2.39. The van der Waals surface area contributed by atoms with E-state index in [1.165, 1.54) is 12.0 Å². The van der Waals surface area contributed by atoms with E-state index < -0.39 is 0 Å². The van der Waals surface area contributed by atoms with Gasteiger partial charge in [0.05, 0.1) is 0 Å². The molecule has 0 saturated carbocycles. The number of pyridine rings is 1. The summed E-state index contributed by atoms with van der Waals surface area (Å²) >= 11 is 0. The third-order valence-corrected chi connectivity index (χ3v) is 4.24. The maximum absolute atomic E-state index is 4.85. The smallest absolute Gasteiger partial charge is 0.128 e. The maximum atomic E-state index is 4.85. The van der Waals surface area contributed by atoms with E-state index in [2.05, 4.69) is 57.0 Å². The minimum absolute atomic E-state index is 0.689. The summed E-state index contributed by atoms with van der Waals surface area (Å²) in [6, 6.07) is 4.44. The Bertz CT molecular complexity index is 446. The van der Waals surface area contributed by atoms with Crippen LogP contribution in [0.5, 0.6) is 0 Å². The average molecular weight is 289 g/mol. The Hall–Kier alpha value is -1.09. The highest BCUT2D eigenvalue weighted by atomic mass is 15.2. The van der Waals surface area contributed by atoms with Crippen molar-refractivity contribution in [2.75, 3.05) is 24.5 Å². The summed E-state index contributed by atoms with van der Waals surface area (Å²) in [5, 5.41) is 3.50. The molecule has 0 bridgehead atoms. The van der Waals surface area contributed by atoms with Crippen molar-refractivity contribution in [1.29, 1.82) is 0 Å². The van der Waals surface area contributed by atoms with Crippen LogP contribution >= 0.6 is 0 Å². The monoisotopic (exact) mass is 289 g/mol. The molecule has 1 saturated heterocycles. The van der Waals surface area contributed by atoms with E-state index in [-0.39, 0.29) is 0 Å². The number of nitrogens with one attached hydrogen (secondary N) is 1. The molecule has 2 unspecified atom stereocenters. The zero-order valence-corrected chi connectivity index (χ0v) is 14.3. The van der Waals surface area contributed by atoms with Gasteiger partial charge in [0.2, 0.25) is 0 Å². The zero-order chi connectivity index (χ0) is 15.4. The highest BCUT2D eigenvalue weighted by Crippen LogP contribution is 2.25. The third-order valence-electron chi connectivity index (χ3n) is 4.24. The molecule has 1 fully saturated rings. The van der Waals surface area contributed by atoms with Gasteiger partial charge in [-0.15, -0.1) is 0 Å². The fourth-order valence-corrected chi connectivity index (χ4v) is 3.29. The molecule has 3 nitrogen and oxygen atoms in total. The van der Waals surface area contributed by atoms with Crippen molar-refractivity contribution < 1.29 is 0 Å². The standard InChI is InChI=1S/C18H31N3/c1-13(2)9-19-10-17-6-7-18(20-16(17)5)21-11-14(3)8-15(4)12-21/h6-7,13-15,19H,8-12H2,1-5H3. The summed E-state index contributed by atoms with van der Waals surface area (Å²) < 4.78 is 0. The van der Waals surface area contributed by atoms with E-state index in [0.29, 0.717) is 5.92 Å². The van der Waals surface area contributed by atoms with Crippen LogP contribution in [0.4, 0.5) is 5.82 Å². The Morgan fingerprint density at radius 2 is 1.90 bits per heavy atom. The summed E-state index contributed by atoms with van der Waals surface area (Å²) in [5.41, 5.74) is 2.48. The first-order valence-corrected chi connectivity index (χ1v) is 8.38. The Kier molecular flexibility index (Phi) is 5.63. The minimum Gasteiger partial charge on any atom is -0.356 e. The Morgan fingerprint density at radius 3 is 2.48 bits per heavy atom. The van der Waals surface area contributed by atoms with E-state index >= 15 is 0 Å². The quantitative estimate of drug-likeness (QED) is 0.897. The zero-order valence-electron chi connectivity index (χ0n) is 14.3. The van der Waals surface area contributed by atoms with Gasteiger partial charge < -0.3 is 10.2 Å². The maximum Gasteiger partial charge on any atom is 0.128 e. The molecular formula is C18H31N3. The molecule has 0 radical (unpaired) electrons. The fourth-order valence-electron chi connectivity index (χ4n) is 3.29. The van der Waals surface area contributed by atoms with Gasteiger partial charge in [-0.1, -0.05) is 33.8 Å². The summed E-state index contributed by atoms with van der Waals surface area (Å²) in [7, 11) is 0. The van der Waals surface area contributed by atoms with Crippen LogP contribution in [-0.2, 0) is 6.54 Å². The summed E-state index contributed by atoms with van der Waals surface area (Å²) in [6.07, 6.45) is 1.34. The van der Waals surface area contributed by atoms with Crippen molar-refractivity contribution in [2.24, 2.45) is 17.8 Å². The molecule has 1 aromatic rings. The first kappa shape index (κ1) is 16.3. The molecule has 0 amide bonds. The molecule has 1 aliphatic heterocycles. The fraction of sp³-hybridized carbons (Fsp3) is 0.722. The van der Waals surface area contributed by atoms with Crippen molar-refractivity contribution in [3.05, 3.63) is 23.4 Å². The normalized spacial score (nSPS) is 22.9. The molecule has 2 rings (SSSR count). The Labute approximate surface area is 130 Å². The average Bonchev–Trinajstić information content (AvgIpc) is 2.39. The summed E-state index contributed by atoms with van der Waals surface area (Å²) in [4.78, 5) is 7.30. The second kappa shape index (κ2) is 7.26. The van der Waals surface area contributed by atoms with Gasteiger partial charge in [0.1, 0.15) is 5.82 Å². The van der Waals surface area contributed by atoms with Crippen LogP contribution in [-0.4, -0.2) is 24.6 Å².